The predicted octanol–water partition coefficient (Wildman–Crippen LogP) is 1.68. The summed E-state index contributed by atoms with van der Waals surface area (Å²) in [7, 11) is -7.45. The summed E-state index contributed by atoms with van der Waals surface area (Å²) in [5.74, 6) is -0.891. The summed E-state index contributed by atoms with van der Waals surface area (Å²) >= 11 is 0. The first-order valence-electron chi connectivity index (χ1n) is 12.8. The van der Waals surface area contributed by atoms with Gasteiger partial charge in [-0.3, -0.25) is 9.52 Å². The summed E-state index contributed by atoms with van der Waals surface area (Å²) < 4.78 is 57.7. The Labute approximate surface area is 235 Å². The van der Waals surface area contributed by atoms with Crippen LogP contribution in [-0.4, -0.2) is 77.1 Å². The van der Waals surface area contributed by atoms with Gasteiger partial charge in [-0.15, -0.1) is 0 Å². The first-order chi connectivity index (χ1) is 18.5. The number of carbonyl (C=O) groups excluding carboxylic acids is 1. The van der Waals surface area contributed by atoms with Crippen molar-refractivity contribution in [3.05, 3.63) is 48.0 Å². The Morgan fingerprint density at radius 1 is 1.07 bits per heavy atom. The summed E-state index contributed by atoms with van der Waals surface area (Å²) in [6, 6.07) is 10.9. The van der Waals surface area contributed by atoms with E-state index in [4.69, 9.17) is 4.74 Å². The monoisotopic (exact) mass is 598 g/mol. The van der Waals surface area contributed by atoms with E-state index in [1.165, 1.54) is 30.3 Å². The summed E-state index contributed by atoms with van der Waals surface area (Å²) in [5.41, 5.74) is 0.636. The van der Waals surface area contributed by atoms with E-state index in [0.717, 1.165) is 37.9 Å². The van der Waals surface area contributed by atoms with Crippen molar-refractivity contribution < 1.29 is 36.6 Å². The first-order valence-corrected chi connectivity index (χ1v) is 16.2. The van der Waals surface area contributed by atoms with E-state index in [2.05, 4.69) is 19.7 Å². The van der Waals surface area contributed by atoms with Gasteiger partial charge in [0.05, 0.1) is 22.9 Å². The normalized spacial score (nSPS) is 16.0. The van der Waals surface area contributed by atoms with Crippen LogP contribution in [0.2, 0.25) is 0 Å². The molecule has 1 aliphatic rings. The molecular weight excluding hydrogens is 560 g/mol. The molecule has 222 valence electrons. The highest BCUT2D eigenvalue weighted by atomic mass is 32.2. The number of ether oxygens (including phenoxy) is 1. The highest BCUT2D eigenvalue weighted by Crippen LogP contribution is 2.28. The molecule has 5 N–H and O–H groups in total. The number of aliphatic hydroxyl groups excluding tert-OH is 1. The number of phenols is 1. The average Bonchev–Trinajstić information content (AvgIpc) is 2.86. The summed E-state index contributed by atoms with van der Waals surface area (Å²) in [4.78, 5) is 14.0. The molecule has 0 radical (unpaired) electrons. The highest BCUT2D eigenvalue weighted by Gasteiger charge is 2.23. The third-order valence-electron chi connectivity index (χ3n) is 6.13. The predicted molar refractivity (Wildman–Crippen MR) is 152 cm³/mol. The van der Waals surface area contributed by atoms with E-state index < -0.39 is 44.3 Å². The maximum Gasteiger partial charge on any atom is 0.321 e. The fraction of sp³-hybridized carbons (Fsp3) is 0.500. The number of carbonyl (C=O) groups is 1. The van der Waals surface area contributed by atoms with Gasteiger partial charge in [-0.05, 0) is 75.6 Å². The van der Waals surface area contributed by atoms with Crippen LogP contribution >= 0.6 is 0 Å². The van der Waals surface area contributed by atoms with Crippen LogP contribution in [0.15, 0.2) is 47.4 Å². The summed E-state index contributed by atoms with van der Waals surface area (Å²) in [6.45, 7) is 6.35. The van der Waals surface area contributed by atoms with Gasteiger partial charge >= 0.3 is 5.97 Å². The number of aromatic hydroxyl groups is 1. The third kappa shape index (κ3) is 9.63. The molecule has 14 heteroatoms. The van der Waals surface area contributed by atoms with Crippen molar-refractivity contribution >= 4 is 37.4 Å². The van der Waals surface area contributed by atoms with Crippen molar-refractivity contribution in [1.29, 1.82) is 0 Å². The second kappa shape index (κ2) is 12.7. The standard InChI is InChI=1S/C26H38N4O8S2/c1-26(2,3)38-25(33)17-28-40(36,37)21-8-6-20(7-9-21)30-13-11-19(12-14-30)27-16-24(32)18-5-10-23(31)22(15-18)29-39(4,34)35/h5-10,15,19,24,27-29,31-32H,11-14,16-17H2,1-4H3/t24-/m1/s1. The van der Waals surface area contributed by atoms with E-state index in [0.29, 0.717) is 5.56 Å². The Morgan fingerprint density at radius 2 is 1.70 bits per heavy atom. The Morgan fingerprint density at radius 3 is 2.27 bits per heavy atom. The fourth-order valence-corrected chi connectivity index (χ4v) is 5.76. The van der Waals surface area contributed by atoms with Gasteiger partial charge in [0.15, 0.2) is 0 Å². The van der Waals surface area contributed by atoms with Crippen molar-refractivity contribution in [3.63, 3.8) is 0 Å². The van der Waals surface area contributed by atoms with Crippen molar-refractivity contribution in [3.8, 4) is 5.75 Å². The number of nitrogens with zero attached hydrogens (tertiary/aromatic N) is 1. The number of benzene rings is 2. The zero-order valence-electron chi connectivity index (χ0n) is 23.0. The van der Waals surface area contributed by atoms with Crippen molar-refractivity contribution in [2.45, 2.75) is 56.3 Å². The quantitative estimate of drug-likeness (QED) is 0.189. The lowest BCUT2D eigenvalue weighted by Crippen LogP contribution is -2.43. The zero-order chi connectivity index (χ0) is 29.7. The van der Waals surface area contributed by atoms with Crippen LogP contribution in [-0.2, 0) is 29.6 Å². The number of phenolic OH excluding ortho intramolecular Hbond substituents is 1. The molecule has 0 bridgehead atoms. The van der Waals surface area contributed by atoms with Crippen LogP contribution in [0.25, 0.3) is 0 Å². The first kappa shape index (κ1) is 31.6. The molecule has 1 aliphatic heterocycles. The average molecular weight is 599 g/mol. The minimum Gasteiger partial charge on any atom is -0.506 e. The maximum absolute atomic E-state index is 12.6. The molecule has 0 saturated carbocycles. The number of sulfonamides is 2. The van der Waals surface area contributed by atoms with Crippen molar-refractivity contribution in [2.24, 2.45) is 0 Å². The van der Waals surface area contributed by atoms with Crippen LogP contribution in [0, 0.1) is 0 Å². The Hall–Kier alpha value is -2.91. The lowest BCUT2D eigenvalue weighted by molar-refractivity contribution is -0.153. The molecule has 40 heavy (non-hydrogen) atoms. The van der Waals surface area contributed by atoms with E-state index in [-0.39, 0.29) is 28.9 Å². The number of aliphatic hydroxyl groups is 1. The van der Waals surface area contributed by atoms with E-state index in [1.807, 2.05) is 0 Å². The van der Waals surface area contributed by atoms with Gasteiger partial charge in [0.2, 0.25) is 20.0 Å². The van der Waals surface area contributed by atoms with Gasteiger partial charge in [0.25, 0.3) is 0 Å². The van der Waals surface area contributed by atoms with Crippen LogP contribution in [0.1, 0.15) is 45.3 Å². The van der Waals surface area contributed by atoms with Gasteiger partial charge < -0.3 is 25.2 Å². The number of esters is 1. The lowest BCUT2D eigenvalue weighted by Gasteiger charge is -2.34. The molecule has 1 saturated heterocycles. The molecule has 0 aromatic heterocycles. The largest absolute Gasteiger partial charge is 0.506 e. The van der Waals surface area contributed by atoms with Gasteiger partial charge in [0.1, 0.15) is 17.9 Å². The maximum atomic E-state index is 12.6. The molecular formula is C26H38N4O8S2. The molecule has 2 aromatic carbocycles. The van der Waals surface area contributed by atoms with Crippen molar-refractivity contribution in [1.82, 2.24) is 10.0 Å². The molecule has 0 unspecified atom stereocenters. The highest BCUT2D eigenvalue weighted by molar-refractivity contribution is 7.92. The zero-order valence-corrected chi connectivity index (χ0v) is 24.7. The fourth-order valence-electron chi connectivity index (χ4n) is 4.23. The number of piperidine rings is 1. The van der Waals surface area contributed by atoms with E-state index in [1.54, 1.807) is 32.9 Å². The molecule has 1 fully saturated rings. The SMILES string of the molecule is CC(C)(C)OC(=O)CNS(=O)(=O)c1ccc(N2CCC(NC[C@@H](O)c3ccc(O)c(NS(C)(=O)=O)c3)CC2)cc1. The number of hydrogen-bond donors (Lipinski definition) is 5. The molecule has 0 amide bonds. The van der Waals surface area contributed by atoms with E-state index >= 15 is 0 Å². The molecule has 1 heterocycles. The Balaban J connectivity index is 1.49. The molecule has 12 nitrogen and oxygen atoms in total. The minimum atomic E-state index is -3.87. The summed E-state index contributed by atoms with van der Waals surface area (Å²) in [5, 5.41) is 23.8. The number of nitrogens with one attached hydrogen (secondary N) is 3. The van der Waals surface area contributed by atoms with Crippen LogP contribution < -0.4 is 19.7 Å². The topological polar surface area (TPSA) is 174 Å². The third-order valence-corrected chi connectivity index (χ3v) is 8.14. The molecule has 2 aromatic rings. The lowest BCUT2D eigenvalue weighted by atomic mass is 10.0. The smallest absolute Gasteiger partial charge is 0.321 e. The van der Waals surface area contributed by atoms with Crippen LogP contribution in [0.5, 0.6) is 5.75 Å². The number of rotatable bonds is 11. The van der Waals surface area contributed by atoms with Gasteiger partial charge in [0, 0.05) is 31.4 Å². The van der Waals surface area contributed by atoms with Gasteiger partial charge in [-0.2, -0.15) is 4.72 Å². The van der Waals surface area contributed by atoms with Crippen LogP contribution in [0.4, 0.5) is 11.4 Å². The number of hydrogen-bond acceptors (Lipinski definition) is 10. The number of anilines is 2. The Kier molecular flexibility index (Phi) is 10.1. The molecule has 0 aliphatic carbocycles. The molecule has 3 rings (SSSR count). The minimum absolute atomic E-state index is 0.00463. The molecule has 0 spiro atoms. The van der Waals surface area contributed by atoms with Crippen molar-refractivity contribution in [2.75, 3.05) is 42.1 Å². The van der Waals surface area contributed by atoms with Gasteiger partial charge in [-0.1, -0.05) is 6.07 Å². The van der Waals surface area contributed by atoms with E-state index in [9.17, 15) is 31.8 Å². The summed E-state index contributed by atoms with van der Waals surface area (Å²) in [6.07, 6.45) is 1.66. The van der Waals surface area contributed by atoms with Crippen LogP contribution in [0.3, 0.4) is 0 Å². The second-order valence-electron chi connectivity index (χ2n) is 10.7. The Bertz CT molecular complexity index is 1380. The van der Waals surface area contributed by atoms with Gasteiger partial charge in [-0.25, -0.2) is 16.8 Å². The molecule has 1 atom stereocenters. The second-order valence-corrected chi connectivity index (χ2v) is 14.3.